The fourth-order valence-corrected chi connectivity index (χ4v) is 3.20. The molecule has 0 bridgehead atoms. The van der Waals surface area contributed by atoms with Crippen molar-refractivity contribution < 1.29 is 13.9 Å². The van der Waals surface area contributed by atoms with E-state index in [4.69, 9.17) is 4.74 Å². The molecule has 0 fully saturated rings. The van der Waals surface area contributed by atoms with E-state index >= 15 is 0 Å². The molecule has 6 heteroatoms. The molecule has 1 N–H and O–H groups in total. The summed E-state index contributed by atoms with van der Waals surface area (Å²) in [5, 5.41) is 6.98. The summed E-state index contributed by atoms with van der Waals surface area (Å²) in [5.74, 6) is -0.159. The minimum absolute atomic E-state index is 0.0174. The highest BCUT2D eigenvalue weighted by Gasteiger charge is 2.08. The monoisotopic (exact) mass is 382 g/mol. The molecule has 0 radical (unpaired) electrons. The number of carbonyl (C=O) groups is 1. The van der Waals surface area contributed by atoms with Crippen molar-refractivity contribution in [1.82, 2.24) is 10.3 Å². The number of ether oxygens (including phenoxy) is 1. The Kier molecular flexibility index (Phi) is 6.33. The van der Waals surface area contributed by atoms with Gasteiger partial charge in [-0.05, 0) is 71.6 Å². The highest BCUT2D eigenvalue weighted by molar-refractivity contribution is 7.07. The number of hydrogen-bond acceptors (Lipinski definition) is 4. The lowest BCUT2D eigenvalue weighted by molar-refractivity contribution is -0.117. The number of halogens is 1. The van der Waals surface area contributed by atoms with Crippen LogP contribution in [0.1, 0.15) is 18.1 Å². The molecule has 1 atom stereocenters. The van der Waals surface area contributed by atoms with Crippen molar-refractivity contribution in [2.75, 3.05) is 0 Å². The number of nitrogens with one attached hydrogen (secondary N) is 1. The van der Waals surface area contributed by atoms with E-state index < -0.39 is 5.82 Å². The molecule has 0 aliphatic rings. The van der Waals surface area contributed by atoms with E-state index in [1.165, 1.54) is 30.0 Å². The Hall–Kier alpha value is -2.99. The molecule has 138 valence electrons. The first-order chi connectivity index (χ1) is 13.1. The minimum atomic E-state index is -0.507. The average molecular weight is 382 g/mol. The van der Waals surface area contributed by atoms with Gasteiger partial charge in [-0.1, -0.05) is 6.07 Å². The molecule has 27 heavy (non-hydrogen) atoms. The van der Waals surface area contributed by atoms with Gasteiger partial charge in [-0.25, -0.2) is 4.39 Å². The SMILES string of the molecule is CC(Cc1ccsc1)NC(=O)/C=C/c1ccc(Oc2cccnc2)c(F)c1. The summed E-state index contributed by atoms with van der Waals surface area (Å²) >= 11 is 1.63. The summed E-state index contributed by atoms with van der Waals surface area (Å²) in [6.45, 7) is 1.95. The van der Waals surface area contributed by atoms with Gasteiger partial charge in [0.1, 0.15) is 5.75 Å². The topological polar surface area (TPSA) is 51.2 Å². The predicted octanol–water partition coefficient (Wildman–Crippen LogP) is 4.84. The van der Waals surface area contributed by atoms with Crippen LogP contribution in [0, 0.1) is 5.82 Å². The summed E-state index contributed by atoms with van der Waals surface area (Å²) in [6, 6.07) is 10.0. The molecular weight excluding hydrogens is 363 g/mol. The molecule has 2 aromatic heterocycles. The molecule has 0 spiro atoms. The quantitative estimate of drug-likeness (QED) is 0.595. The van der Waals surface area contributed by atoms with Crippen LogP contribution in [0.5, 0.6) is 11.5 Å². The highest BCUT2D eigenvalue weighted by Crippen LogP contribution is 2.24. The minimum Gasteiger partial charge on any atom is -0.453 e. The van der Waals surface area contributed by atoms with Crippen molar-refractivity contribution in [1.29, 1.82) is 0 Å². The molecule has 2 heterocycles. The van der Waals surface area contributed by atoms with Crippen molar-refractivity contribution in [2.24, 2.45) is 0 Å². The normalized spacial score (nSPS) is 12.1. The number of aromatic nitrogens is 1. The maximum atomic E-state index is 14.2. The molecule has 1 unspecified atom stereocenters. The van der Waals surface area contributed by atoms with Gasteiger partial charge in [0.25, 0.3) is 0 Å². The molecule has 0 aliphatic heterocycles. The van der Waals surface area contributed by atoms with Gasteiger partial charge in [-0.2, -0.15) is 11.3 Å². The van der Waals surface area contributed by atoms with Crippen LogP contribution in [0.25, 0.3) is 6.08 Å². The smallest absolute Gasteiger partial charge is 0.244 e. The number of amides is 1. The van der Waals surface area contributed by atoms with Crippen LogP contribution in [0.15, 0.2) is 65.6 Å². The molecule has 1 amide bonds. The second-order valence-corrected chi connectivity index (χ2v) is 6.84. The van der Waals surface area contributed by atoms with E-state index in [9.17, 15) is 9.18 Å². The van der Waals surface area contributed by atoms with Gasteiger partial charge in [0.05, 0.1) is 6.20 Å². The number of benzene rings is 1. The number of thiophene rings is 1. The Balaban J connectivity index is 1.56. The summed E-state index contributed by atoms with van der Waals surface area (Å²) < 4.78 is 19.7. The maximum absolute atomic E-state index is 14.2. The maximum Gasteiger partial charge on any atom is 0.244 e. The third-order valence-corrected chi connectivity index (χ3v) is 4.49. The van der Waals surface area contributed by atoms with Crippen LogP contribution in [-0.2, 0) is 11.2 Å². The van der Waals surface area contributed by atoms with Crippen LogP contribution in [0.2, 0.25) is 0 Å². The fraction of sp³-hybridized carbons (Fsp3) is 0.143. The van der Waals surface area contributed by atoms with Crippen LogP contribution in [0.3, 0.4) is 0 Å². The first-order valence-electron chi connectivity index (χ1n) is 8.47. The van der Waals surface area contributed by atoms with Crippen LogP contribution in [0.4, 0.5) is 4.39 Å². The second kappa shape index (κ2) is 9.09. The largest absolute Gasteiger partial charge is 0.453 e. The third kappa shape index (κ3) is 5.76. The van der Waals surface area contributed by atoms with Gasteiger partial charge in [-0.15, -0.1) is 0 Å². The molecule has 3 rings (SSSR count). The molecule has 0 saturated heterocycles. The first kappa shape index (κ1) is 18.8. The first-order valence-corrected chi connectivity index (χ1v) is 9.41. The van der Waals surface area contributed by atoms with Gasteiger partial charge < -0.3 is 10.1 Å². The van der Waals surface area contributed by atoms with Crippen molar-refractivity contribution in [3.8, 4) is 11.5 Å². The number of pyridine rings is 1. The van der Waals surface area contributed by atoms with Gasteiger partial charge in [0.2, 0.25) is 5.91 Å². The van der Waals surface area contributed by atoms with Crippen molar-refractivity contribution in [3.63, 3.8) is 0 Å². The zero-order valence-corrected chi connectivity index (χ0v) is 15.6. The number of hydrogen-bond donors (Lipinski definition) is 1. The Morgan fingerprint density at radius 2 is 2.26 bits per heavy atom. The van der Waals surface area contributed by atoms with Crippen LogP contribution in [-0.4, -0.2) is 16.9 Å². The Labute approximate surface area is 161 Å². The zero-order valence-electron chi connectivity index (χ0n) is 14.8. The Morgan fingerprint density at radius 3 is 2.96 bits per heavy atom. The fourth-order valence-electron chi connectivity index (χ4n) is 2.51. The lowest BCUT2D eigenvalue weighted by Crippen LogP contribution is -2.32. The van der Waals surface area contributed by atoms with Gasteiger partial charge in [0, 0.05) is 18.3 Å². The summed E-state index contributed by atoms with van der Waals surface area (Å²) in [5.41, 5.74) is 1.77. The Bertz CT molecular complexity index is 911. The lowest BCUT2D eigenvalue weighted by atomic mass is 10.1. The van der Waals surface area contributed by atoms with Gasteiger partial charge in [0.15, 0.2) is 11.6 Å². The number of carbonyl (C=O) groups excluding carboxylic acids is 1. The number of rotatable bonds is 7. The standard InChI is InChI=1S/C21H19FN2O2S/c1-15(11-17-8-10-27-14-17)24-21(25)7-5-16-4-6-20(19(22)12-16)26-18-3-2-9-23-13-18/h2-10,12-15H,11H2,1H3,(H,24,25)/b7-5+. The van der Waals surface area contributed by atoms with E-state index in [0.29, 0.717) is 11.3 Å². The van der Waals surface area contributed by atoms with Crippen LogP contribution >= 0.6 is 11.3 Å². The van der Waals surface area contributed by atoms with E-state index in [1.807, 2.05) is 18.4 Å². The predicted molar refractivity (Wildman–Crippen MR) is 105 cm³/mol. The molecule has 3 aromatic rings. The Morgan fingerprint density at radius 1 is 1.37 bits per heavy atom. The highest BCUT2D eigenvalue weighted by atomic mass is 32.1. The van der Waals surface area contributed by atoms with Crippen molar-refractivity contribution >= 4 is 23.3 Å². The summed E-state index contributed by atoms with van der Waals surface area (Å²) in [6.07, 6.45) is 6.88. The summed E-state index contributed by atoms with van der Waals surface area (Å²) in [4.78, 5) is 15.9. The van der Waals surface area contributed by atoms with E-state index in [1.54, 1.807) is 41.8 Å². The number of nitrogens with zero attached hydrogens (tertiary/aromatic N) is 1. The molecule has 1 aromatic carbocycles. The van der Waals surface area contributed by atoms with E-state index in [2.05, 4.69) is 15.7 Å². The lowest BCUT2D eigenvalue weighted by Gasteiger charge is -2.11. The zero-order chi connectivity index (χ0) is 19.1. The van der Waals surface area contributed by atoms with Crippen molar-refractivity contribution in [2.45, 2.75) is 19.4 Å². The molecular formula is C21H19FN2O2S. The molecule has 0 aliphatic carbocycles. The second-order valence-electron chi connectivity index (χ2n) is 6.06. The summed E-state index contributed by atoms with van der Waals surface area (Å²) in [7, 11) is 0. The third-order valence-electron chi connectivity index (χ3n) is 3.76. The van der Waals surface area contributed by atoms with E-state index in [-0.39, 0.29) is 17.7 Å². The van der Waals surface area contributed by atoms with Gasteiger partial charge >= 0.3 is 0 Å². The molecule has 4 nitrogen and oxygen atoms in total. The van der Waals surface area contributed by atoms with E-state index in [0.717, 1.165) is 6.42 Å². The average Bonchev–Trinajstić information content (AvgIpc) is 3.15. The van der Waals surface area contributed by atoms with Gasteiger partial charge in [-0.3, -0.25) is 9.78 Å². The van der Waals surface area contributed by atoms with Crippen molar-refractivity contribution in [3.05, 3.63) is 82.6 Å². The van der Waals surface area contributed by atoms with Crippen LogP contribution < -0.4 is 10.1 Å². The molecule has 0 saturated carbocycles.